The summed E-state index contributed by atoms with van der Waals surface area (Å²) in [5, 5.41) is 9.04. The molecular weight excluding hydrogens is 504 g/mol. The molecule has 4 rings (SSSR count). The van der Waals surface area contributed by atoms with E-state index in [0.29, 0.717) is 22.2 Å². The zero-order valence-electron chi connectivity index (χ0n) is 18.0. The minimum Gasteiger partial charge on any atom is -0.480 e. The van der Waals surface area contributed by atoms with Gasteiger partial charge in [-0.25, -0.2) is 13.2 Å². The number of hydrogen-bond acceptors (Lipinski definition) is 7. The normalized spacial score (nSPS) is 22.1. The standard InChI is InChI=1S/C22H21ClN2O7S2/c1-13-3-2-4-15(7-13)32-18-6-5-14(23)8-16(18)25-17-11-34(29,30)12-19(17)33-22(25)24-20(26)9-31-10-21(27)28/h2-8,17,19H,9-12H2,1H3,(H,27,28). The Morgan fingerprint density at radius 2 is 2.00 bits per heavy atom. The van der Waals surface area contributed by atoms with Crippen LogP contribution in [0.4, 0.5) is 5.69 Å². The lowest BCUT2D eigenvalue weighted by molar-refractivity contribution is -0.143. The topological polar surface area (TPSA) is 123 Å². The van der Waals surface area contributed by atoms with Crippen LogP contribution in [0.15, 0.2) is 47.5 Å². The molecule has 2 aliphatic heterocycles. The second kappa shape index (κ2) is 9.95. The molecule has 0 radical (unpaired) electrons. The molecule has 2 atom stereocenters. The van der Waals surface area contributed by atoms with Gasteiger partial charge >= 0.3 is 5.97 Å². The largest absolute Gasteiger partial charge is 0.480 e. The number of hydrogen-bond donors (Lipinski definition) is 1. The monoisotopic (exact) mass is 524 g/mol. The maximum Gasteiger partial charge on any atom is 0.329 e. The molecule has 1 amide bonds. The number of aryl methyl sites for hydroxylation is 1. The first-order valence-corrected chi connectivity index (χ1v) is 13.3. The number of sulfone groups is 1. The lowest BCUT2D eigenvalue weighted by Crippen LogP contribution is -2.38. The Labute approximate surface area is 205 Å². The van der Waals surface area contributed by atoms with Crippen LogP contribution in [0.25, 0.3) is 0 Å². The average Bonchev–Trinajstić information content (AvgIpc) is 3.19. The van der Waals surface area contributed by atoms with Crippen molar-refractivity contribution in [1.29, 1.82) is 0 Å². The highest BCUT2D eigenvalue weighted by Crippen LogP contribution is 2.45. The van der Waals surface area contributed by atoms with Gasteiger partial charge in [0.25, 0.3) is 5.91 Å². The van der Waals surface area contributed by atoms with Crippen molar-refractivity contribution in [3.8, 4) is 11.5 Å². The molecule has 0 aromatic heterocycles. The van der Waals surface area contributed by atoms with Crippen molar-refractivity contribution >= 4 is 55.9 Å². The Kier molecular flexibility index (Phi) is 7.17. The van der Waals surface area contributed by atoms with Crippen LogP contribution in [-0.4, -0.2) is 66.6 Å². The fourth-order valence-electron chi connectivity index (χ4n) is 3.78. The van der Waals surface area contributed by atoms with Gasteiger partial charge in [-0.1, -0.05) is 35.5 Å². The number of nitrogens with zero attached hydrogens (tertiary/aromatic N) is 2. The number of carboxylic acids is 1. The number of rotatable bonds is 7. The second-order valence-corrected chi connectivity index (χ2v) is 11.7. The quantitative estimate of drug-likeness (QED) is 0.581. The fraction of sp³-hybridized carbons (Fsp3) is 0.318. The van der Waals surface area contributed by atoms with Gasteiger partial charge in [0, 0.05) is 10.3 Å². The Morgan fingerprint density at radius 3 is 2.74 bits per heavy atom. The number of benzene rings is 2. The predicted octanol–water partition coefficient (Wildman–Crippen LogP) is 3.14. The first-order valence-electron chi connectivity index (χ1n) is 10.2. The predicted molar refractivity (Wildman–Crippen MR) is 130 cm³/mol. The smallest absolute Gasteiger partial charge is 0.329 e. The molecule has 0 bridgehead atoms. The van der Waals surface area contributed by atoms with Gasteiger partial charge in [0.2, 0.25) is 0 Å². The number of amidine groups is 1. The lowest BCUT2D eigenvalue weighted by Gasteiger charge is -2.26. The summed E-state index contributed by atoms with van der Waals surface area (Å²) in [6.07, 6.45) is 0. The summed E-state index contributed by atoms with van der Waals surface area (Å²) >= 11 is 7.47. The van der Waals surface area contributed by atoms with Crippen molar-refractivity contribution in [2.45, 2.75) is 18.2 Å². The molecule has 12 heteroatoms. The summed E-state index contributed by atoms with van der Waals surface area (Å²) in [5.74, 6) is -1.03. The number of fused-ring (bicyclic) bond motifs is 1. The van der Waals surface area contributed by atoms with Crippen LogP contribution in [-0.2, 0) is 24.2 Å². The lowest BCUT2D eigenvalue weighted by atomic mass is 10.2. The molecule has 2 unspecified atom stereocenters. The van der Waals surface area contributed by atoms with Gasteiger partial charge in [-0.3, -0.25) is 4.79 Å². The Bertz CT molecular complexity index is 1270. The van der Waals surface area contributed by atoms with E-state index in [4.69, 9.17) is 26.2 Å². The van der Waals surface area contributed by atoms with Crippen molar-refractivity contribution in [1.82, 2.24) is 0 Å². The summed E-state index contributed by atoms with van der Waals surface area (Å²) in [4.78, 5) is 28.8. The maximum atomic E-state index is 12.4. The third-order valence-electron chi connectivity index (χ3n) is 5.14. The molecular formula is C22H21ClN2O7S2. The van der Waals surface area contributed by atoms with Gasteiger partial charge in [0.05, 0.1) is 23.2 Å². The summed E-state index contributed by atoms with van der Waals surface area (Å²) in [5.41, 5.74) is 1.48. The number of carbonyl (C=O) groups is 2. The highest BCUT2D eigenvalue weighted by molar-refractivity contribution is 8.16. The molecule has 2 heterocycles. The van der Waals surface area contributed by atoms with Crippen molar-refractivity contribution in [3.05, 3.63) is 53.1 Å². The van der Waals surface area contributed by atoms with Gasteiger partial charge in [-0.15, -0.1) is 0 Å². The van der Waals surface area contributed by atoms with Gasteiger partial charge in [-0.05, 0) is 42.8 Å². The van der Waals surface area contributed by atoms with Crippen molar-refractivity contribution in [2.24, 2.45) is 4.99 Å². The number of anilines is 1. The van der Waals surface area contributed by atoms with Crippen LogP contribution < -0.4 is 9.64 Å². The van der Waals surface area contributed by atoms with E-state index in [9.17, 15) is 18.0 Å². The molecule has 0 aliphatic carbocycles. The van der Waals surface area contributed by atoms with E-state index in [0.717, 1.165) is 5.56 Å². The molecule has 1 N–H and O–H groups in total. The molecule has 0 spiro atoms. The average molecular weight is 525 g/mol. The van der Waals surface area contributed by atoms with Crippen LogP contribution >= 0.6 is 23.4 Å². The minimum atomic E-state index is -3.28. The molecule has 180 valence electrons. The van der Waals surface area contributed by atoms with Gasteiger partial charge in [0.1, 0.15) is 19.0 Å². The number of amides is 1. The number of carbonyl (C=O) groups excluding carboxylic acids is 1. The van der Waals surface area contributed by atoms with Crippen LogP contribution in [0.1, 0.15) is 5.56 Å². The molecule has 2 aromatic carbocycles. The molecule has 2 saturated heterocycles. The third kappa shape index (κ3) is 5.72. The summed E-state index contributed by atoms with van der Waals surface area (Å²) < 4.78 is 35.7. The van der Waals surface area contributed by atoms with Crippen LogP contribution in [0.2, 0.25) is 5.02 Å². The van der Waals surface area contributed by atoms with Gasteiger partial charge in [0.15, 0.2) is 20.8 Å². The van der Waals surface area contributed by atoms with E-state index in [1.54, 1.807) is 29.2 Å². The van der Waals surface area contributed by atoms with Gasteiger partial charge in [-0.2, -0.15) is 4.99 Å². The molecule has 0 saturated carbocycles. The molecule has 2 fully saturated rings. The first kappa shape index (κ1) is 24.5. The summed E-state index contributed by atoms with van der Waals surface area (Å²) in [6.45, 7) is 0.795. The second-order valence-electron chi connectivity index (χ2n) is 7.88. The highest BCUT2D eigenvalue weighted by Gasteiger charge is 2.50. The number of aliphatic imine (C=N–C) groups is 1. The Hall–Kier alpha value is -2.60. The first-order chi connectivity index (χ1) is 16.1. The van der Waals surface area contributed by atoms with Crippen LogP contribution in [0.5, 0.6) is 11.5 Å². The van der Waals surface area contributed by atoms with Crippen molar-refractivity contribution < 1.29 is 32.6 Å². The summed E-state index contributed by atoms with van der Waals surface area (Å²) in [7, 11) is -3.28. The van der Waals surface area contributed by atoms with Crippen molar-refractivity contribution in [2.75, 3.05) is 29.6 Å². The van der Waals surface area contributed by atoms with Crippen molar-refractivity contribution in [3.63, 3.8) is 0 Å². The minimum absolute atomic E-state index is 0.0454. The zero-order chi connectivity index (χ0) is 24.5. The number of thioether (sulfide) groups is 1. The Morgan fingerprint density at radius 1 is 1.21 bits per heavy atom. The summed E-state index contributed by atoms with van der Waals surface area (Å²) in [6, 6.07) is 11.9. The number of halogens is 1. The molecule has 34 heavy (non-hydrogen) atoms. The molecule has 2 aromatic rings. The Balaban J connectivity index is 1.71. The molecule has 2 aliphatic rings. The number of ether oxygens (including phenoxy) is 2. The highest BCUT2D eigenvalue weighted by atomic mass is 35.5. The van der Waals surface area contributed by atoms with E-state index >= 15 is 0 Å². The zero-order valence-corrected chi connectivity index (χ0v) is 20.4. The van der Waals surface area contributed by atoms with E-state index in [2.05, 4.69) is 4.99 Å². The molecule has 9 nitrogen and oxygen atoms in total. The fourth-order valence-corrected chi connectivity index (χ4v) is 7.87. The maximum absolute atomic E-state index is 12.4. The van der Waals surface area contributed by atoms with E-state index in [1.807, 2.05) is 25.1 Å². The van der Waals surface area contributed by atoms with Crippen LogP contribution in [0, 0.1) is 6.92 Å². The third-order valence-corrected chi connectivity index (χ3v) is 8.58. The van der Waals surface area contributed by atoms with Crippen LogP contribution in [0.3, 0.4) is 0 Å². The number of carboxylic acid groups (broad SMARTS) is 1. The van der Waals surface area contributed by atoms with E-state index < -0.39 is 41.0 Å². The van der Waals surface area contributed by atoms with E-state index in [-0.39, 0.29) is 21.9 Å². The van der Waals surface area contributed by atoms with Gasteiger partial charge < -0.3 is 19.5 Å². The SMILES string of the molecule is Cc1cccc(Oc2ccc(Cl)cc2N2C(=NC(=O)COCC(=O)O)SC3CS(=O)(=O)CC32)c1. The van der Waals surface area contributed by atoms with E-state index in [1.165, 1.54) is 11.8 Å². The number of aliphatic carboxylic acids is 1.